The largest absolute Gasteiger partial charge is 0.336 e. The number of carbonyl (C=O) groups is 2. The molecular weight excluding hydrogens is 350 g/mol. The minimum atomic E-state index is -0.183. The van der Waals surface area contributed by atoms with Gasteiger partial charge in [0.25, 0.3) is 11.8 Å². The van der Waals surface area contributed by atoms with Gasteiger partial charge >= 0.3 is 0 Å². The van der Waals surface area contributed by atoms with Crippen molar-refractivity contribution in [2.45, 2.75) is 26.2 Å². The average Bonchev–Trinajstić information content (AvgIpc) is 2.73. The molecule has 1 N–H and O–H groups in total. The third-order valence-electron chi connectivity index (χ3n) is 5.20. The molecule has 0 unspecified atom stereocenters. The van der Waals surface area contributed by atoms with Crippen LogP contribution in [0.15, 0.2) is 48.5 Å². The summed E-state index contributed by atoms with van der Waals surface area (Å²) in [6.45, 7) is 5.30. The average molecular weight is 380 g/mol. The molecule has 1 saturated heterocycles. The fourth-order valence-corrected chi connectivity index (χ4v) is 3.40. The van der Waals surface area contributed by atoms with Gasteiger partial charge in [0.05, 0.1) is 11.3 Å². The number of carbonyl (C=O) groups excluding carboxylic acids is 2. The van der Waals surface area contributed by atoms with E-state index in [-0.39, 0.29) is 11.8 Å². The molecule has 1 fully saturated rings. The van der Waals surface area contributed by atoms with Gasteiger partial charge in [-0.15, -0.1) is 0 Å². The van der Waals surface area contributed by atoms with Gasteiger partial charge in [0.15, 0.2) is 0 Å². The van der Waals surface area contributed by atoms with Crippen molar-refractivity contribution in [1.82, 2.24) is 9.80 Å². The number of benzene rings is 2. The van der Waals surface area contributed by atoms with Crippen LogP contribution in [0.25, 0.3) is 0 Å². The number of nitrogens with zero attached hydrogens (tertiary/aromatic N) is 2. The number of hydrogen-bond acceptors (Lipinski definition) is 3. The maximum Gasteiger partial charge on any atom is 0.256 e. The number of unbranched alkanes of at least 4 members (excludes halogenated alkanes) is 1. The van der Waals surface area contributed by atoms with Gasteiger partial charge in [-0.1, -0.05) is 37.6 Å². The minimum Gasteiger partial charge on any atom is -0.336 e. The van der Waals surface area contributed by atoms with Gasteiger partial charge in [-0.25, -0.2) is 0 Å². The molecule has 148 valence electrons. The lowest BCUT2D eigenvalue weighted by Gasteiger charge is -2.32. The Morgan fingerprint density at radius 3 is 2.50 bits per heavy atom. The molecule has 5 heteroatoms. The molecule has 0 bridgehead atoms. The van der Waals surface area contributed by atoms with Gasteiger partial charge in [-0.2, -0.15) is 0 Å². The van der Waals surface area contributed by atoms with E-state index in [1.54, 1.807) is 12.1 Å². The summed E-state index contributed by atoms with van der Waals surface area (Å²) in [6, 6.07) is 15.0. The van der Waals surface area contributed by atoms with Crippen molar-refractivity contribution >= 4 is 17.5 Å². The summed E-state index contributed by atoms with van der Waals surface area (Å²) < 4.78 is 0. The zero-order chi connectivity index (χ0) is 19.9. The van der Waals surface area contributed by atoms with E-state index in [1.807, 2.05) is 35.2 Å². The second-order valence-electron chi connectivity index (χ2n) is 7.40. The van der Waals surface area contributed by atoms with Gasteiger partial charge in [0.2, 0.25) is 0 Å². The molecule has 2 amide bonds. The Labute approximate surface area is 167 Å². The maximum atomic E-state index is 13.0. The molecule has 28 heavy (non-hydrogen) atoms. The Morgan fingerprint density at radius 1 is 1.00 bits per heavy atom. The summed E-state index contributed by atoms with van der Waals surface area (Å²) in [5.41, 5.74) is 2.89. The molecule has 1 aliphatic heterocycles. The summed E-state index contributed by atoms with van der Waals surface area (Å²) in [5.74, 6) is -0.210. The van der Waals surface area contributed by atoms with Crippen LogP contribution in [0, 0.1) is 0 Å². The highest BCUT2D eigenvalue weighted by Gasteiger charge is 2.23. The lowest BCUT2D eigenvalue weighted by Crippen LogP contribution is -2.47. The summed E-state index contributed by atoms with van der Waals surface area (Å²) >= 11 is 0. The number of amides is 2. The predicted octanol–water partition coefficient (Wildman–Crippen LogP) is 3.67. The molecule has 5 nitrogen and oxygen atoms in total. The van der Waals surface area contributed by atoms with E-state index in [1.165, 1.54) is 0 Å². The van der Waals surface area contributed by atoms with E-state index in [0.29, 0.717) is 29.9 Å². The second kappa shape index (κ2) is 9.51. The maximum absolute atomic E-state index is 13.0. The highest BCUT2D eigenvalue weighted by Crippen LogP contribution is 2.20. The highest BCUT2D eigenvalue weighted by atomic mass is 16.2. The predicted molar refractivity (Wildman–Crippen MR) is 113 cm³/mol. The first-order chi connectivity index (χ1) is 13.6. The Hall–Kier alpha value is -2.66. The van der Waals surface area contributed by atoms with Crippen molar-refractivity contribution in [2.24, 2.45) is 0 Å². The van der Waals surface area contributed by atoms with E-state index in [0.717, 1.165) is 37.9 Å². The topological polar surface area (TPSA) is 52.7 Å². The fourth-order valence-electron chi connectivity index (χ4n) is 3.40. The quantitative estimate of drug-likeness (QED) is 0.833. The molecule has 2 aromatic carbocycles. The SMILES string of the molecule is CCCCc1cccc(C(=O)Nc2ccccc2C(=O)N2CCN(C)CC2)c1. The smallest absolute Gasteiger partial charge is 0.256 e. The van der Waals surface area contributed by atoms with E-state index in [4.69, 9.17) is 0 Å². The molecule has 0 spiro atoms. The molecule has 3 rings (SSSR count). The van der Waals surface area contributed by atoms with E-state index in [2.05, 4.69) is 30.3 Å². The van der Waals surface area contributed by atoms with Crippen molar-refractivity contribution in [3.8, 4) is 0 Å². The first kappa shape index (κ1) is 20.1. The van der Waals surface area contributed by atoms with E-state index in [9.17, 15) is 9.59 Å². The van der Waals surface area contributed by atoms with Crippen molar-refractivity contribution in [1.29, 1.82) is 0 Å². The molecule has 1 aliphatic rings. The summed E-state index contributed by atoms with van der Waals surface area (Å²) in [7, 11) is 2.06. The van der Waals surface area contributed by atoms with Gasteiger partial charge in [0.1, 0.15) is 0 Å². The van der Waals surface area contributed by atoms with Crippen molar-refractivity contribution < 1.29 is 9.59 Å². The van der Waals surface area contributed by atoms with Crippen LogP contribution in [-0.2, 0) is 6.42 Å². The van der Waals surface area contributed by atoms with Crippen LogP contribution in [0.3, 0.4) is 0 Å². The number of para-hydroxylation sites is 1. The number of likely N-dealkylation sites (N-methyl/N-ethyl adjacent to an activating group) is 1. The Bertz CT molecular complexity index is 826. The second-order valence-corrected chi connectivity index (χ2v) is 7.40. The number of hydrogen-bond donors (Lipinski definition) is 1. The Morgan fingerprint density at radius 2 is 1.75 bits per heavy atom. The van der Waals surface area contributed by atoms with Crippen LogP contribution < -0.4 is 5.32 Å². The normalized spacial score (nSPS) is 14.7. The number of piperazine rings is 1. The number of anilines is 1. The molecule has 0 radical (unpaired) electrons. The Balaban J connectivity index is 1.74. The van der Waals surface area contributed by atoms with Crippen LogP contribution in [0.5, 0.6) is 0 Å². The summed E-state index contributed by atoms with van der Waals surface area (Å²) in [5, 5.41) is 2.94. The lowest BCUT2D eigenvalue weighted by molar-refractivity contribution is 0.0665. The van der Waals surface area contributed by atoms with Crippen LogP contribution in [0.2, 0.25) is 0 Å². The van der Waals surface area contributed by atoms with Crippen LogP contribution in [0.4, 0.5) is 5.69 Å². The van der Waals surface area contributed by atoms with Crippen LogP contribution in [0.1, 0.15) is 46.0 Å². The van der Waals surface area contributed by atoms with E-state index >= 15 is 0 Å². The lowest BCUT2D eigenvalue weighted by atomic mass is 10.0. The molecule has 2 aromatic rings. The fraction of sp³-hybridized carbons (Fsp3) is 0.391. The molecule has 0 saturated carbocycles. The Kier molecular flexibility index (Phi) is 6.82. The number of nitrogens with one attached hydrogen (secondary N) is 1. The third kappa shape index (κ3) is 4.98. The van der Waals surface area contributed by atoms with Crippen LogP contribution in [-0.4, -0.2) is 54.8 Å². The number of aryl methyl sites for hydroxylation is 1. The monoisotopic (exact) mass is 379 g/mol. The van der Waals surface area contributed by atoms with Gasteiger partial charge in [0, 0.05) is 31.7 Å². The van der Waals surface area contributed by atoms with Gasteiger partial charge in [-0.3, -0.25) is 9.59 Å². The van der Waals surface area contributed by atoms with Crippen LogP contribution >= 0.6 is 0 Å². The highest BCUT2D eigenvalue weighted by molar-refractivity contribution is 6.09. The molecular formula is C23H29N3O2. The van der Waals surface area contributed by atoms with Gasteiger partial charge < -0.3 is 15.1 Å². The summed E-state index contributed by atoms with van der Waals surface area (Å²) in [6.07, 6.45) is 3.20. The zero-order valence-electron chi connectivity index (χ0n) is 16.8. The first-order valence-corrected chi connectivity index (χ1v) is 10.1. The molecule has 0 atom stereocenters. The van der Waals surface area contributed by atoms with Gasteiger partial charge in [-0.05, 0) is 49.7 Å². The minimum absolute atomic E-state index is 0.0271. The van der Waals surface area contributed by atoms with Crippen molar-refractivity contribution in [3.05, 3.63) is 65.2 Å². The first-order valence-electron chi connectivity index (χ1n) is 10.1. The van der Waals surface area contributed by atoms with Crippen molar-refractivity contribution in [2.75, 3.05) is 38.5 Å². The van der Waals surface area contributed by atoms with Crippen molar-refractivity contribution in [3.63, 3.8) is 0 Å². The molecule has 1 heterocycles. The molecule has 0 aromatic heterocycles. The zero-order valence-corrected chi connectivity index (χ0v) is 16.8. The number of rotatable bonds is 6. The molecule has 0 aliphatic carbocycles. The van der Waals surface area contributed by atoms with E-state index < -0.39 is 0 Å². The summed E-state index contributed by atoms with van der Waals surface area (Å²) in [4.78, 5) is 29.8. The third-order valence-corrected chi connectivity index (χ3v) is 5.20. The standard InChI is InChI=1S/C23H29N3O2/c1-3-4-8-18-9-7-10-19(17-18)22(27)24-21-12-6-5-11-20(21)23(28)26-15-13-25(2)14-16-26/h5-7,9-12,17H,3-4,8,13-16H2,1-2H3,(H,24,27).